The van der Waals surface area contributed by atoms with Gasteiger partial charge in [0.15, 0.2) is 0 Å². The van der Waals surface area contributed by atoms with Crippen LogP contribution in [0.1, 0.15) is 56.9 Å². The maximum Gasteiger partial charge on any atom is 0.317 e. The lowest BCUT2D eigenvalue weighted by molar-refractivity contribution is -0.0336. The van der Waals surface area contributed by atoms with Gasteiger partial charge in [0.1, 0.15) is 11.4 Å². The zero-order valence-corrected chi connectivity index (χ0v) is 19.2. The number of nitrogens with one attached hydrogen (secondary N) is 1. The molecular weight excluding hydrogens is 388 g/mol. The van der Waals surface area contributed by atoms with Crippen molar-refractivity contribution in [3.8, 4) is 5.75 Å². The normalized spacial score (nSPS) is 24.3. The fourth-order valence-corrected chi connectivity index (χ4v) is 5.69. The molecule has 1 aromatic rings. The lowest BCUT2D eigenvalue weighted by Crippen LogP contribution is -2.53. The van der Waals surface area contributed by atoms with Gasteiger partial charge in [0.25, 0.3) is 0 Å². The van der Waals surface area contributed by atoms with Gasteiger partial charge in [0, 0.05) is 58.0 Å². The number of benzene rings is 1. The standard InChI is InChI=1S/C25H38N4O2/c1-27(2)24(30)26-20-9-14-28(15-10-20)22-6-7-23-19(18-22)8-11-25(31-23)12-16-29(17-13-25)21-4-3-5-21/h6-7,18,20-21H,3-5,8-17H2,1-2H3,(H,26,30). The van der Waals surface area contributed by atoms with Gasteiger partial charge in [-0.25, -0.2) is 4.79 Å². The Labute approximate surface area is 186 Å². The van der Waals surface area contributed by atoms with Crippen molar-refractivity contribution in [3.63, 3.8) is 0 Å². The molecule has 6 heteroatoms. The van der Waals surface area contributed by atoms with E-state index < -0.39 is 0 Å². The van der Waals surface area contributed by atoms with Crippen LogP contribution in [0.4, 0.5) is 10.5 Å². The van der Waals surface area contributed by atoms with Crippen LogP contribution in [0.3, 0.4) is 0 Å². The first kappa shape index (κ1) is 20.9. The van der Waals surface area contributed by atoms with Crippen molar-refractivity contribution >= 4 is 11.7 Å². The third-order valence-corrected chi connectivity index (χ3v) is 8.11. The van der Waals surface area contributed by atoms with E-state index in [9.17, 15) is 4.79 Å². The fourth-order valence-electron chi connectivity index (χ4n) is 5.69. The van der Waals surface area contributed by atoms with Gasteiger partial charge in [0.2, 0.25) is 0 Å². The van der Waals surface area contributed by atoms with Gasteiger partial charge in [0.05, 0.1) is 0 Å². The van der Waals surface area contributed by atoms with Crippen molar-refractivity contribution in [1.29, 1.82) is 0 Å². The predicted octanol–water partition coefficient (Wildman–Crippen LogP) is 3.64. The van der Waals surface area contributed by atoms with Crippen LogP contribution in [0, 0.1) is 0 Å². The van der Waals surface area contributed by atoms with E-state index in [0.717, 1.165) is 50.6 Å². The number of ether oxygens (including phenoxy) is 1. The quantitative estimate of drug-likeness (QED) is 0.802. The number of hydrogen-bond acceptors (Lipinski definition) is 4. The van der Waals surface area contributed by atoms with E-state index in [1.807, 2.05) is 0 Å². The first-order valence-electron chi connectivity index (χ1n) is 12.3. The second-order valence-corrected chi connectivity index (χ2v) is 10.3. The highest BCUT2D eigenvalue weighted by atomic mass is 16.5. The number of nitrogens with zero attached hydrogens (tertiary/aromatic N) is 3. The predicted molar refractivity (Wildman–Crippen MR) is 124 cm³/mol. The average Bonchev–Trinajstić information content (AvgIpc) is 2.74. The number of urea groups is 1. The minimum Gasteiger partial charge on any atom is -0.487 e. The van der Waals surface area contributed by atoms with E-state index in [-0.39, 0.29) is 17.7 Å². The Morgan fingerprint density at radius 1 is 1.06 bits per heavy atom. The van der Waals surface area contributed by atoms with Crippen molar-refractivity contribution < 1.29 is 9.53 Å². The molecule has 1 aromatic carbocycles. The van der Waals surface area contributed by atoms with Crippen LogP contribution in [0.15, 0.2) is 18.2 Å². The number of anilines is 1. The molecule has 6 nitrogen and oxygen atoms in total. The number of piperidine rings is 2. The summed E-state index contributed by atoms with van der Waals surface area (Å²) in [5.74, 6) is 1.11. The summed E-state index contributed by atoms with van der Waals surface area (Å²) < 4.78 is 6.67. The number of amides is 2. The molecule has 0 aromatic heterocycles. The van der Waals surface area contributed by atoms with E-state index in [1.165, 1.54) is 56.4 Å². The minimum absolute atomic E-state index is 0.0110. The summed E-state index contributed by atoms with van der Waals surface area (Å²) in [4.78, 5) is 18.7. The number of carbonyl (C=O) groups excluding carboxylic acids is 1. The van der Waals surface area contributed by atoms with Gasteiger partial charge in [-0.05, 0) is 75.1 Å². The van der Waals surface area contributed by atoms with Crippen LogP contribution in [0.2, 0.25) is 0 Å². The third kappa shape index (κ3) is 4.36. The molecule has 0 unspecified atom stereocenters. The monoisotopic (exact) mass is 426 g/mol. The molecule has 31 heavy (non-hydrogen) atoms. The molecule has 1 aliphatic carbocycles. The van der Waals surface area contributed by atoms with E-state index >= 15 is 0 Å². The first-order chi connectivity index (χ1) is 15.0. The van der Waals surface area contributed by atoms with Gasteiger partial charge in [-0.2, -0.15) is 0 Å². The van der Waals surface area contributed by atoms with Gasteiger partial charge in [-0.15, -0.1) is 0 Å². The maximum absolute atomic E-state index is 11.9. The average molecular weight is 427 g/mol. The minimum atomic E-state index is 0.0110. The molecule has 4 aliphatic rings. The van der Waals surface area contributed by atoms with Gasteiger partial charge in [-0.1, -0.05) is 6.42 Å². The topological polar surface area (TPSA) is 48.1 Å². The molecule has 3 fully saturated rings. The fraction of sp³-hybridized carbons (Fsp3) is 0.720. The Morgan fingerprint density at radius 2 is 1.81 bits per heavy atom. The molecule has 1 spiro atoms. The van der Waals surface area contributed by atoms with Gasteiger partial charge >= 0.3 is 6.03 Å². The zero-order valence-electron chi connectivity index (χ0n) is 19.2. The number of fused-ring (bicyclic) bond motifs is 1. The zero-order chi connectivity index (χ0) is 21.4. The Bertz CT molecular complexity index is 791. The summed E-state index contributed by atoms with van der Waals surface area (Å²) >= 11 is 0. The van der Waals surface area contributed by atoms with Crippen LogP contribution in [0.25, 0.3) is 0 Å². The molecular formula is C25H38N4O2. The summed E-state index contributed by atoms with van der Waals surface area (Å²) in [6.45, 7) is 4.38. The number of hydrogen-bond donors (Lipinski definition) is 1. The van der Waals surface area contributed by atoms with Crippen LogP contribution in [0.5, 0.6) is 5.75 Å². The molecule has 0 atom stereocenters. The number of carbonyl (C=O) groups is 1. The number of aryl methyl sites for hydroxylation is 1. The molecule has 1 saturated carbocycles. The molecule has 0 radical (unpaired) electrons. The van der Waals surface area contributed by atoms with Gasteiger partial charge < -0.3 is 24.8 Å². The highest BCUT2D eigenvalue weighted by Gasteiger charge is 2.41. The maximum atomic E-state index is 11.9. The van der Waals surface area contributed by atoms with Crippen molar-refractivity contribution in [2.45, 2.75) is 75.5 Å². The van der Waals surface area contributed by atoms with Crippen LogP contribution in [-0.2, 0) is 6.42 Å². The van der Waals surface area contributed by atoms with Crippen molar-refractivity contribution in [2.75, 3.05) is 45.2 Å². The van der Waals surface area contributed by atoms with Crippen LogP contribution in [-0.4, -0.2) is 73.8 Å². The summed E-state index contributed by atoms with van der Waals surface area (Å²) in [5, 5.41) is 3.13. The SMILES string of the molecule is CN(C)C(=O)NC1CCN(c2ccc3c(c2)CCC2(CCN(C4CCC4)CC2)O3)CC1. The van der Waals surface area contributed by atoms with Crippen molar-refractivity contribution in [1.82, 2.24) is 15.1 Å². The Balaban J connectivity index is 1.17. The van der Waals surface area contributed by atoms with Gasteiger partial charge in [-0.3, -0.25) is 0 Å². The molecule has 0 bridgehead atoms. The second kappa shape index (κ2) is 8.53. The van der Waals surface area contributed by atoms with Crippen LogP contribution >= 0.6 is 0 Å². The van der Waals surface area contributed by atoms with E-state index in [2.05, 4.69) is 33.3 Å². The Hall–Kier alpha value is -1.95. The molecule has 1 N–H and O–H groups in total. The first-order valence-corrected chi connectivity index (χ1v) is 12.3. The molecule has 2 saturated heterocycles. The largest absolute Gasteiger partial charge is 0.487 e. The summed E-state index contributed by atoms with van der Waals surface area (Å²) in [7, 11) is 3.59. The summed E-state index contributed by atoms with van der Waals surface area (Å²) in [6.07, 6.45) is 10.8. The summed E-state index contributed by atoms with van der Waals surface area (Å²) in [6, 6.07) is 7.94. The lowest BCUT2D eigenvalue weighted by Gasteiger charge is -2.48. The number of likely N-dealkylation sites (tertiary alicyclic amines) is 1. The van der Waals surface area contributed by atoms with Crippen molar-refractivity contribution in [2.24, 2.45) is 0 Å². The van der Waals surface area contributed by atoms with E-state index in [1.54, 1.807) is 19.0 Å². The highest BCUT2D eigenvalue weighted by Crippen LogP contribution is 2.42. The third-order valence-electron chi connectivity index (χ3n) is 8.11. The second-order valence-electron chi connectivity index (χ2n) is 10.3. The summed E-state index contributed by atoms with van der Waals surface area (Å²) in [5.41, 5.74) is 2.74. The Kier molecular flexibility index (Phi) is 5.76. The lowest BCUT2D eigenvalue weighted by atomic mass is 9.81. The van der Waals surface area contributed by atoms with Crippen molar-refractivity contribution in [3.05, 3.63) is 23.8 Å². The Morgan fingerprint density at radius 3 is 2.45 bits per heavy atom. The van der Waals surface area contributed by atoms with Crippen LogP contribution < -0.4 is 15.0 Å². The van der Waals surface area contributed by atoms with E-state index in [0.29, 0.717) is 0 Å². The highest BCUT2D eigenvalue weighted by molar-refractivity contribution is 5.73. The smallest absolute Gasteiger partial charge is 0.317 e. The number of rotatable bonds is 3. The molecule has 170 valence electrons. The van der Waals surface area contributed by atoms with E-state index in [4.69, 9.17) is 4.74 Å². The molecule has 3 aliphatic heterocycles. The molecule has 5 rings (SSSR count). The molecule has 2 amide bonds. The molecule has 3 heterocycles.